The molecule has 1 N–H and O–H groups in total. The summed E-state index contributed by atoms with van der Waals surface area (Å²) in [6.45, 7) is 4.69. The van der Waals surface area contributed by atoms with E-state index in [-0.39, 0.29) is 0 Å². The maximum Gasteiger partial charge on any atom is 0.177 e. The Hall–Kier alpha value is -0.610. The van der Waals surface area contributed by atoms with Crippen LogP contribution in [0.2, 0.25) is 0 Å². The number of aryl methyl sites for hydroxylation is 1. The van der Waals surface area contributed by atoms with E-state index >= 15 is 0 Å². The summed E-state index contributed by atoms with van der Waals surface area (Å²) in [5, 5.41) is 0. The van der Waals surface area contributed by atoms with E-state index in [0.717, 1.165) is 10.8 Å². The van der Waals surface area contributed by atoms with E-state index in [9.17, 15) is 0 Å². The molecule has 0 radical (unpaired) electrons. The molecule has 3 rings (SSSR count). The van der Waals surface area contributed by atoms with Crippen LogP contribution in [0.5, 0.6) is 0 Å². The van der Waals surface area contributed by atoms with Crippen molar-refractivity contribution in [3.8, 4) is 0 Å². The molecule has 1 aromatic rings. The van der Waals surface area contributed by atoms with E-state index in [1.165, 1.54) is 44.5 Å². The van der Waals surface area contributed by atoms with Crippen LogP contribution in [0.4, 0.5) is 0 Å². The highest BCUT2D eigenvalue weighted by Gasteiger charge is 2.37. The van der Waals surface area contributed by atoms with Gasteiger partial charge in [0.05, 0.1) is 6.04 Å². The van der Waals surface area contributed by atoms with Gasteiger partial charge in [0.15, 0.2) is 4.77 Å². The first-order valence-electron chi connectivity index (χ1n) is 6.28. The van der Waals surface area contributed by atoms with Gasteiger partial charge >= 0.3 is 0 Å². The number of hydrogen-bond acceptors (Lipinski definition) is 2. The Morgan fingerprint density at radius 1 is 1.25 bits per heavy atom. The predicted octanol–water partition coefficient (Wildman–Crippen LogP) is 2.65. The highest BCUT2D eigenvalue weighted by molar-refractivity contribution is 7.71. The topological polar surface area (TPSA) is 24.0 Å². The summed E-state index contributed by atoms with van der Waals surface area (Å²) in [6.07, 6.45) is 7.40. The van der Waals surface area contributed by atoms with Crippen LogP contribution in [0.15, 0.2) is 6.20 Å². The summed E-state index contributed by atoms with van der Waals surface area (Å²) < 4.78 is 3.24. The fourth-order valence-corrected chi connectivity index (χ4v) is 3.74. The molecule has 2 saturated heterocycles. The molecule has 2 fully saturated rings. The number of fused-ring (bicyclic) bond motifs is 1. The number of aromatic amines is 1. The quantitative estimate of drug-likeness (QED) is 0.759. The molecular formula is C12H19N3S. The molecule has 2 atom stereocenters. The lowest BCUT2D eigenvalue weighted by molar-refractivity contribution is 0.172. The van der Waals surface area contributed by atoms with E-state index in [1.807, 2.05) is 6.20 Å². The Kier molecular flexibility index (Phi) is 2.64. The molecule has 0 aliphatic carbocycles. The molecule has 0 spiro atoms. The monoisotopic (exact) mass is 237 g/mol. The Labute approximate surface area is 101 Å². The van der Waals surface area contributed by atoms with Crippen molar-refractivity contribution in [1.29, 1.82) is 0 Å². The van der Waals surface area contributed by atoms with Gasteiger partial charge in [-0.15, -0.1) is 0 Å². The van der Waals surface area contributed by atoms with Crippen LogP contribution in [0.1, 0.15) is 37.4 Å². The molecule has 2 aliphatic rings. The second-order valence-electron chi connectivity index (χ2n) is 5.06. The summed E-state index contributed by atoms with van der Waals surface area (Å²) >= 11 is 5.39. The molecule has 2 unspecified atom stereocenters. The smallest absolute Gasteiger partial charge is 0.177 e. The Bertz CT molecular complexity index is 434. The van der Waals surface area contributed by atoms with Gasteiger partial charge in [0.1, 0.15) is 0 Å². The molecule has 0 saturated carbocycles. The molecular weight excluding hydrogens is 218 g/mol. The molecule has 2 aliphatic heterocycles. The van der Waals surface area contributed by atoms with Crippen molar-refractivity contribution < 1.29 is 0 Å². The maximum atomic E-state index is 5.39. The molecule has 0 bridgehead atoms. The highest BCUT2D eigenvalue weighted by atomic mass is 32.1. The summed E-state index contributed by atoms with van der Waals surface area (Å²) in [6, 6.07) is 1.34. The predicted molar refractivity (Wildman–Crippen MR) is 67.2 cm³/mol. The van der Waals surface area contributed by atoms with Crippen molar-refractivity contribution in [2.75, 3.05) is 13.1 Å². The number of H-pyrrole nitrogens is 1. The van der Waals surface area contributed by atoms with Crippen molar-refractivity contribution in [3.63, 3.8) is 0 Å². The molecule has 1 aromatic heterocycles. The summed E-state index contributed by atoms with van der Waals surface area (Å²) in [5.41, 5.74) is 1.28. The van der Waals surface area contributed by atoms with Gasteiger partial charge < -0.3 is 9.55 Å². The Morgan fingerprint density at radius 2 is 2.12 bits per heavy atom. The average Bonchev–Trinajstić information content (AvgIpc) is 2.83. The minimum Gasteiger partial charge on any atom is -0.337 e. The highest BCUT2D eigenvalue weighted by Crippen LogP contribution is 2.35. The number of rotatable bonds is 1. The van der Waals surface area contributed by atoms with Gasteiger partial charge in [0.25, 0.3) is 0 Å². The summed E-state index contributed by atoms with van der Waals surface area (Å²) in [5.74, 6) is 0. The molecule has 3 nitrogen and oxygen atoms in total. The van der Waals surface area contributed by atoms with Gasteiger partial charge in [-0.2, -0.15) is 0 Å². The SMILES string of the molecule is Cc1c[nH]c(=S)n1C1CCN2CCCCC12. The minimum atomic E-state index is 0.610. The summed E-state index contributed by atoms with van der Waals surface area (Å²) in [7, 11) is 0. The van der Waals surface area contributed by atoms with Gasteiger partial charge in [-0.1, -0.05) is 6.42 Å². The lowest BCUT2D eigenvalue weighted by Crippen LogP contribution is -2.37. The summed E-state index contributed by atoms with van der Waals surface area (Å²) in [4.78, 5) is 5.82. The van der Waals surface area contributed by atoms with Crippen LogP contribution in [0, 0.1) is 11.7 Å². The van der Waals surface area contributed by atoms with Crippen molar-refractivity contribution >= 4 is 12.2 Å². The van der Waals surface area contributed by atoms with Gasteiger partial charge in [-0.3, -0.25) is 4.90 Å². The molecule has 4 heteroatoms. The van der Waals surface area contributed by atoms with Crippen molar-refractivity contribution in [2.45, 2.75) is 44.7 Å². The zero-order valence-corrected chi connectivity index (χ0v) is 10.6. The Morgan fingerprint density at radius 3 is 2.88 bits per heavy atom. The first-order chi connectivity index (χ1) is 7.77. The van der Waals surface area contributed by atoms with Crippen LogP contribution >= 0.6 is 12.2 Å². The zero-order chi connectivity index (χ0) is 11.1. The van der Waals surface area contributed by atoms with E-state index in [1.54, 1.807) is 0 Å². The van der Waals surface area contributed by atoms with Gasteiger partial charge in [0, 0.05) is 24.5 Å². The maximum absolute atomic E-state index is 5.39. The number of imidazole rings is 1. The fourth-order valence-electron chi connectivity index (χ4n) is 3.40. The van der Waals surface area contributed by atoms with Crippen molar-refractivity contribution in [3.05, 3.63) is 16.7 Å². The van der Waals surface area contributed by atoms with Crippen LogP contribution in [-0.4, -0.2) is 33.6 Å². The molecule has 88 valence electrons. The van der Waals surface area contributed by atoms with Gasteiger partial charge in [-0.25, -0.2) is 0 Å². The van der Waals surface area contributed by atoms with Gasteiger partial charge in [-0.05, 0) is 44.9 Å². The average molecular weight is 237 g/mol. The van der Waals surface area contributed by atoms with E-state index < -0.39 is 0 Å². The first kappa shape index (κ1) is 10.5. The Balaban J connectivity index is 1.93. The number of hydrogen-bond donors (Lipinski definition) is 1. The lowest BCUT2D eigenvalue weighted by atomic mass is 9.99. The second kappa shape index (κ2) is 4.00. The second-order valence-corrected chi connectivity index (χ2v) is 5.45. The molecule has 3 heterocycles. The third-order valence-corrected chi connectivity index (χ3v) is 4.47. The third-order valence-electron chi connectivity index (χ3n) is 4.16. The third kappa shape index (κ3) is 1.55. The molecule has 0 aromatic carbocycles. The number of nitrogens with zero attached hydrogens (tertiary/aromatic N) is 2. The molecule has 16 heavy (non-hydrogen) atoms. The first-order valence-corrected chi connectivity index (χ1v) is 6.69. The largest absolute Gasteiger partial charge is 0.337 e. The minimum absolute atomic E-state index is 0.610. The van der Waals surface area contributed by atoms with E-state index in [2.05, 4.69) is 21.4 Å². The van der Waals surface area contributed by atoms with Crippen LogP contribution in [0.3, 0.4) is 0 Å². The standard InChI is InChI=1S/C12H19N3S/c1-9-8-13-12(16)15(9)11-5-7-14-6-3-2-4-10(11)14/h8,10-11H,2-7H2,1H3,(H,13,16). The van der Waals surface area contributed by atoms with Crippen LogP contribution in [-0.2, 0) is 0 Å². The zero-order valence-electron chi connectivity index (χ0n) is 9.78. The van der Waals surface area contributed by atoms with Crippen LogP contribution in [0.25, 0.3) is 0 Å². The van der Waals surface area contributed by atoms with Crippen molar-refractivity contribution in [1.82, 2.24) is 14.5 Å². The number of aromatic nitrogens is 2. The normalized spacial score (nSPS) is 30.6. The van der Waals surface area contributed by atoms with E-state index in [0.29, 0.717) is 6.04 Å². The number of nitrogens with one attached hydrogen (secondary N) is 1. The van der Waals surface area contributed by atoms with Crippen molar-refractivity contribution in [2.24, 2.45) is 0 Å². The van der Waals surface area contributed by atoms with Gasteiger partial charge in [0.2, 0.25) is 0 Å². The number of piperidine rings is 1. The van der Waals surface area contributed by atoms with E-state index in [4.69, 9.17) is 12.2 Å². The van der Waals surface area contributed by atoms with Crippen LogP contribution < -0.4 is 0 Å². The lowest BCUT2D eigenvalue weighted by Gasteiger charge is -2.33. The molecule has 0 amide bonds. The fraction of sp³-hybridized carbons (Fsp3) is 0.750.